The van der Waals surface area contributed by atoms with E-state index in [2.05, 4.69) is 26.0 Å². The van der Waals surface area contributed by atoms with E-state index in [0.717, 1.165) is 6.42 Å². The Kier molecular flexibility index (Phi) is 10.4. The Morgan fingerprint density at radius 2 is 1.70 bits per heavy atom. The number of carbonyl (C=O) groups is 1. The molecule has 0 radical (unpaired) electrons. The van der Waals surface area contributed by atoms with Gasteiger partial charge in [-0.3, -0.25) is 0 Å². The van der Waals surface area contributed by atoms with Crippen LogP contribution in [0.15, 0.2) is 24.3 Å². The van der Waals surface area contributed by atoms with E-state index in [1.54, 1.807) is 0 Å². The minimum Gasteiger partial charge on any atom is -0.462 e. The van der Waals surface area contributed by atoms with Crippen molar-refractivity contribution in [1.29, 1.82) is 0 Å². The van der Waals surface area contributed by atoms with Crippen LogP contribution in [-0.2, 0) is 9.47 Å². The Bertz CT molecular complexity index is 419. The van der Waals surface area contributed by atoms with Gasteiger partial charge in [0.25, 0.3) is 0 Å². The van der Waals surface area contributed by atoms with E-state index in [-0.39, 0.29) is 5.97 Å². The largest absolute Gasteiger partial charge is 0.462 e. The van der Waals surface area contributed by atoms with E-state index in [1.165, 1.54) is 37.7 Å². The highest BCUT2D eigenvalue weighted by atomic mass is 16.5. The Balaban J connectivity index is 0.000000593. The summed E-state index contributed by atoms with van der Waals surface area (Å²) >= 11 is 0. The SMILES string of the molecule is CCCC.CCOCCCOC(=O)c1ccc(C2CCC2)cc1. The van der Waals surface area contributed by atoms with Crippen LogP contribution in [-0.4, -0.2) is 25.8 Å². The van der Waals surface area contributed by atoms with Crippen LogP contribution in [0.2, 0.25) is 0 Å². The second-order valence-corrected chi connectivity index (χ2v) is 5.94. The number of ether oxygens (including phenoxy) is 2. The Hall–Kier alpha value is -1.35. The number of carbonyl (C=O) groups excluding carboxylic acids is 1. The monoisotopic (exact) mass is 320 g/mol. The maximum Gasteiger partial charge on any atom is 0.338 e. The van der Waals surface area contributed by atoms with Crippen molar-refractivity contribution in [2.24, 2.45) is 0 Å². The summed E-state index contributed by atoms with van der Waals surface area (Å²) in [4.78, 5) is 11.8. The third kappa shape index (κ3) is 7.65. The summed E-state index contributed by atoms with van der Waals surface area (Å²) in [5.74, 6) is 0.466. The van der Waals surface area contributed by atoms with Crippen molar-refractivity contribution < 1.29 is 14.3 Å². The summed E-state index contributed by atoms with van der Waals surface area (Å²) in [5.41, 5.74) is 1.98. The first-order valence-electron chi connectivity index (χ1n) is 9.07. The normalized spacial score (nSPS) is 13.7. The Labute approximate surface area is 141 Å². The van der Waals surface area contributed by atoms with Crippen LogP contribution >= 0.6 is 0 Å². The predicted molar refractivity (Wildman–Crippen MR) is 95.0 cm³/mol. The van der Waals surface area contributed by atoms with Gasteiger partial charge in [0.1, 0.15) is 0 Å². The number of rotatable bonds is 8. The highest BCUT2D eigenvalue weighted by molar-refractivity contribution is 5.89. The second-order valence-electron chi connectivity index (χ2n) is 5.94. The molecule has 0 unspecified atom stereocenters. The fourth-order valence-corrected chi connectivity index (χ4v) is 2.19. The van der Waals surface area contributed by atoms with Crippen molar-refractivity contribution in [3.05, 3.63) is 35.4 Å². The molecule has 130 valence electrons. The predicted octanol–water partition coefficient (Wildman–Crippen LogP) is 5.34. The zero-order chi connectivity index (χ0) is 16.9. The smallest absolute Gasteiger partial charge is 0.338 e. The molecule has 1 fully saturated rings. The van der Waals surface area contributed by atoms with Gasteiger partial charge in [0.2, 0.25) is 0 Å². The molecular weight excluding hydrogens is 288 g/mol. The van der Waals surface area contributed by atoms with Crippen LogP contribution in [0.3, 0.4) is 0 Å². The maximum atomic E-state index is 11.8. The highest BCUT2D eigenvalue weighted by Crippen LogP contribution is 2.36. The Morgan fingerprint density at radius 1 is 1.04 bits per heavy atom. The van der Waals surface area contributed by atoms with Gasteiger partial charge in [-0.05, 0) is 43.4 Å². The summed E-state index contributed by atoms with van der Waals surface area (Å²) in [5, 5.41) is 0. The second kappa shape index (κ2) is 12.1. The first-order chi connectivity index (χ1) is 11.2. The van der Waals surface area contributed by atoms with Gasteiger partial charge in [-0.2, -0.15) is 0 Å². The third-order valence-corrected chi connectivity index (χ3v) is 4.09. The third-order valence-electron chi connectivity index (χ3n) is 4.09. The molecule has 1 saturated carbocycles. The lowest BCUT2D eigenvalue weighted by molar-refractivity contribution is 0.0452. The van der Waals surface area contributed by atoms with E-state index in [1.807, 2.05) is 19.1 Å². The molecule has 1 aromatic rings. The van der Waals surface area contributed by atoms with Crippen LogP contribution in [0.4, 0.5) is 0 Å². The van der Waals surface area contributed by atoms with E-state index < -0.39 is 0 Å². The van der Waals surface area contributed by atoms with E-state index >= 15 is 0 Å². The lowest BCUT2D eigenvalue weighted by Gasteiger charge is -2.25. The quantitative estimate of drug-likeness (QED) is 0.479. The molecule has 0 saturated heterocycles. The fraction of sp³-hybridized carbons (Fsp3) is 0.650. The van der Waals surface area contributed by atoms with Gasteiger partial charge in [-0.25, -0.2) is 4.79 Å². The molecule has 0 aliphatic heterocycles. The van der Waals surface area contributed by atoms with Crippen LogP contribution in [0.25, 0.3) is 0 Å². The maximum absolute atomic E-state index is 11.8. The van der Waals surface area contributed by atoms with Crippen molar-refractivity contribution in [1.82, 2.24) is 0 Å². The molecule has 0 amide bonds. The molecule has 0 bridgehead atoms. The zero-order valence-electron chi connectivity index (χ0n) is 15.0. The standard InChI is InChI=1S/C16H22O3.C4H10/c1-2-18-11-4-12-19-16(17)15-9-7-14(8-10-15)13-5-3-6-13;1-3-4-2/h7-10,13H,2-6,11-12H2,1H3;3-4H2,1-2H3. The molecular formula is C20H32O3. The fourth-order valence-electron chi connectivity index (χ4n) is 2.19. The molecule has 0 N–H and O–H groups in total. The number of esters is 1. The summed E-state index contributed by atoms with van der Waals surface area (Å²) < 4.78 is 10.4. The Morgan fingerprint density at radius 3 is 2.17 bits per heavy atom. The molecule has 2 rings (SSSR count). The van der Waals surface area contributed by atoms with E-state index in [9.17, 15) is 4.79 Å². The molecule has 0 atom stereocenters. The lowest BCUT2D eigenvalue weighted by atomic mass is 9.80. The van der Waals surface area contributed by atoms with Crippen LogP contribution in [0, 0.1) is 0 Å². The van der Waals surface area contributed by atoms with E-state index in [0.29, 0.717) is 31.3 Å². The van der Waals surface area contributed by atoms with Gasteiger partial charge in [0.15, 0.2) is 0 Å². The van der Waals surface area contributed by atoms with Gasteiger partial charge < -0.3 is 9.47 Å². The number of hydrogen-bond acceptors (Lipinski definition) is 3. The average molecular weight is 320 g/mol. The molecule has 0 heterocycles. The van der Waals surface area contributed by atoms with Gasteiger partial charge in [0.05, 0.1) is 12.2 Å². The topological polar surface area (TPSA) is 35.5 Å². The van der Waals surface area contributed by atoms with Crippen molar-refractivity contribution in [3.8, 4) is 0 Å². The van der Waals surface area contributed by atoms with Gasteiger partial charge in [0, 0.05) is 19.6 Å². The van der Waals surface area contributed by atoms with Crippen LogP contribution in [0.5, 0.6) is 0 Å². The number of hydrogen-bond donors (Lipinski definition) is 0. The molecule has 3 nitrogen and oxygen atoms in total. The van der Waals surface area contributed by atoms with Gasteiger partial charge in [-0.1, -0.05) is 45.2 Å². The van der Waals surface area contributed by atoms with Crippen LogP contribution in [0.1, 0.15) is 81.1 Å². The summed E-state index contributed by atoms with van der Waals surface area (Å²) in [7, 11) is 0. The molecule has 0 spiro atoms. The summed E-state index contributed by atoms with van der Waals surface area (Å²) in [6.45, 7) is 8.08. The van der Waals surface area contributed by atoms with E-state index in [4.69, 9.17) is 9.47 Å². The molecule has 0 aromatic heterocycles. The first-order valence-corrected chi connectivity index (χ1v) is 9.07. The van der Waals surface area contributed by atoms with Crippen molar-refractivity contribution in [2.75, 3.05) is 19.8 Å². The van der Waals surface area contributed by atoms with Crippen molar-refractivity contribution in [2.45, 2.75) is 65.2 Å². The lowest BCUT2D eigenvalue weighted by Crippen LogP contribution is -2.10. The van der Waals surface area contributed by atoms with Gasteiger partial charge in [-0.15, -0.1) is 0 Å². The molecule has 1 aliphatic carbocycles. The highest BCUT2D eigenvalue weighted by Gasteiger charge is 2.19. The molecule has 1 aliphatic rings. The molecule has 23 heavy (non-hydrogen) atoms. The number of benzene rings is 1. The van der Waals surface area contributed by atoms with Crippen LogP contribution < -0.4 is 0 Å². The minimum absolute atomic E-state index is 0.239. The summed E-state index contributed by atoms with van der Waals surface area (Å²) in [6.07, 6.45) is 7.27. The van der Waals surface area contributed by atoms with Crippen molar-refractivity contribution in [3.63, 3.8) is 0 Å². The number of unbranched alkanes of at least 4 members (excludes halogenated alkanes) is 1. The molecule has 1 aromatic carbocycles. The van der Waals surface area contributed by atoms with Gasteiger partial charge >= 0.3 is 5.97 Å². The summed E-state index contributed by atoms with van der Waals surface area (Å²) in [6, 6.07) is 7.86. The first kappa shape index (κ1) is 19.7. The zero-order valence-corrected chi connectivity index (χ0v) is 15.0. The van der Waals surface area contributed by atoms with Crippen molar-refractivity contribution >= 4 is 5.97 Å². The minimum atomic E-state index is -0.239. The molecule has 3 heteroatoms. The average Bonchev–Trinajstić information content (AvgIpc) is 2.54.